The zero-order valence-corrected chi connectivity index (χ0v) is 19.1. The number of amides is 2. The summed E-state index contributed by atoms with van der Waals surface area (Å²) >= 11 is 3.50. The van der Waals surface area contributed by atoms with Crippen molar-refractivity contribution in [1.82, 2.24) is 10.2 Å². The molecule has 0 radical (unpaired) electrons. The van der Waals surface area contributed by atoms with E-state index in [0.29, 0.717) is 13.1 Å². The van der Waals surface area contributed by atoms with Gasteiger partial charge in [-0.25, -0.2) is 0 Å². The van der Waals surface area contributed by atoms with Crippen molar-refractivity contribution >= 4 is 27.7 Å². The van der Waals surface area contributed by atoms with E-state index in [2.05, 4.69) is 33.4 Å². The highest BCUT2D eigenvalue weighted by Gasteiger charge is 2.45. The lowest BCUT2D eigenvalue weighted by Gasteiger charge is -2.39. The predicted molar refractivity (Wildman–Crippen MR) is 123 cm³/mol. The molecule has 1 aliphatic heterocycles. The molecular formula is C25H29BrN2O2. The van der Waals surface area contributed by atoms with Crippen LogP contribution >= 0.6 is 15.9 Å². The summed E-state index contributed by atoms with van der Waals surface area (Å²) in [4.78, 5) is 28.3. The summed E-state index contributed by atoms with van der Waals surface area (Å²) in [5.41, 5.74) is 2.48. The van der Waals surface area contributed by atoms with E-state index in [-0.39, 0.29) is 23.3 Å². The van der Waals surface area contributed by atoms with Crippen LogP contribution in [0.2, 0.25) is 0 Å². The molecule has 1 saturated carbocycles. The summed E-state index contributed by atoms with van der Waals surface area (Å²) in [6, 6.07) is 16.1. The third-order valence-corrected chi connectivity index (χ3v) is 7.30. The zero-order valence-electron chi connectivity index (χ0n) is 17.5. The number of benzene rings is 2. The maximum absolute atomic E-state index is 13.6. The summed E-state index contributed by atoms with van der Waals surface area (Å²) < 4.78 is 1.04. The van der Waals surface area contributed by atoms with Crippen LogP contribution in [0, 0.1) is 6.92 Å². The number of aryl methyl sites for hydroxylation is 1. The minimum absolute atomic E-state index is 0.0139. The van der Waals surface area contributed by atoms with Crippen molar-refractivity contribution in [3.8, 4) is 0 Å². The number of nitrogens with one attached hydrogen (secondary N) is 1. The Morgan fingerprint density at radius 1 is 1.00 bits per heavy atom. The van der Waals surface area contributed by atoms with E-state index in [0.717, 1.165) is 59.7 Å². The van der Waals surface area contributed by atoms with Crippen LogP contribution in [-0.2, 0) is 10.2 Å². The second-order valence-electron chi connectivity index (χ2n) is 8.65. The minimum Gasteiger partial charge on any atom is -0.349 e. The normalized spacial score (nSPS) is 18.9. The largest absolute Gasteiger partial charge is 0.349 e. The molecule has 1 heterocycles. The Bertz CT molecular complexity index is 911. The molecule has 30 heavy (non-hydrogen) atoms. The summed E-state index contributed by atoms with van der Waals surface area (Å²) in [6.07, 6.45) is 5.67. The van der Waals surface area contributed by atoms with Gasteiger partial charge < -0.3 is 10.2 Å². The van der Waals surface area contributed by atoms with Crippen LogP contribution < -0.4 is 5.32 Å². The third-order valence-electron chi connectivity index (χ3n) is 6.77. The van der Waals surface area contributed by atoms with Gasteiger partial charge in [0.25, 0.3) is 5.91 Å². The predicted octanol–water partition coefficient (Wildman–Crippen LogP) is 4.99. The minimum atomic E-state index is -0.377. The number of carbonyl (C=O) groups is 2. The highest BCUT2D eigenvalue weighted by atomic mass is 79.9. The Labute approximate surface area is 187 Å². The van der Waals surface area contributed by atoms with Gasteiger partial charge in [-0.2, -0.15) is 0 Å². The molecule has 2 amide bonds. The first-order valence-electron chi connectivity index (χ1n) is 10.9. The van der Waals surface area contributed by atoms with Crippen LogP contribution in [0.4, 0.5) is 0 Å². The van der Waals surface area contributed by atoms with E-state index in [1.165, 1.54) is 0 Å². The molecular weight excluding hydrogens is 440 g/mol. The van der Waals surface area contributed by atoms with Crippen LogP contribution in [0.25, 0.3) is 0 Å². The molecule has 2 fully saturated rings. The van der Waals surface area contributed by atoms with Crippen molar-refractivity contribution in [3.63, 3.8) is 0 Å². The summed E-state index contributed by atoms with van der Waals surface area (Å²) in [7, 11) is 0. The monoisotopic (exact) mass is 468 g/mol. The first-order chi connectivity index (χ1) is 14.5. The lowest BCUT2D eigenvalue weighted by molar-refractivity contribution is -0.138. The standard InChI is InChI=1S/C25H29BrN2O2/c1-18-6-2-3-7-22(18)23(29)27-21-12-16-28(17-13-21)24(30)25(14-4-5-15-25)19-8-10-20(26)11-9-19/h2-3,6-11,21H,4-5,12-17H2,1H3,(H,27,29). The number of halogens is 1. The molecule has 0 unspecified atom stereocenters. The highest BCUT2D eigenvalue weighted by Crippen LogP contribution is 2.43. The van der Waals surface area contributed by atoms with Crippen molar-refractivity contribution in [1.29, 1.82) is 0 Å². The van der Waals surface area contributed by atoms with Gasteiger partial charge in [0.2, 0.25) is 5.91 Å². The van der Waals surface area contributed by atoms with Gasteiger partial charge in [-0.1, -0.05) is 59.1 Å². The van der Waals surface area contributed by atoms with E-state index < -0.39 is 0 Å². The van der Waals surface area contributed by atoms with E-state index in [9.17, 15) is 9.59 Å². The lowest BCUT2D eigenvalue weighted by atomic mass is 9.77. The molecule has 4 rings (SSSR count). The summed E-state index contributed by atoms with van der Waals surface area (Å²) in [6.45, 7) is 3.37. The van der Waals surface area contributed by atoms with Crippen LogP contribution in [-0.4, -0.2) is 35.8 Å². The molecule has 1 aliphatic carbocycles. The zero-order chi connectivity index (χ0) is 21.1. The first-order valence-corrected chi connectivity index (χ1v) is 11.7. The molecule has 1 N–H and O–H groups in total. The number of hydrogen-bond acceptors (Lipinski definition) is 2. The molecule has 1 saturated heterocycles. The first kappa shape index (κ1) is 21.1. The van der Waals surface area contributed by atoms with Gasteiger partial charge in [-0.3, -0.25) is 9.59 Å². The van der Waals surface area contributed by atoms with Crippen molar-refractivity contribution in [2.24, 2.45) is 0 Å². The van der Waals surface area contributed by atoms with Gasteiger partial charge in [0.15, 0.2) is 0 Å². The van der Waals surface area contributed by atoms with Crippen LogP contribution in [0.1, 0.15) is 60.0 Å². The van der Waals surface area contributed by atoms with Gasteiger partial charge in [-0.05, 0) is 61.9 Å². The lowest BCUT2D eigenvalue weighted by Crippen LogP contribution is -2.51. The number of nitrogens with zero attached hydrogens (tertiary/aromatic N) is 1. The smallest absolute Gasteiger partial charge is 0.251 e. The average molecular weight is 469 g/mol. The van der Waals surface area contributed by atoms with Crippen molar-refractivity contribution in [3.05, 3.63) is 69.7 Å². The molecule has 0 atom stereocenters. The molecule has 0 bridgehead atoms. The molecule has 4 nitrogen and oxygen atoms in total. The fraction of sp³-hybridized carbons (Fsp3) is 0.440. The van der Waals surface area contributed by atoms with Gasteiger partial charge in [0.1, 0.15) is 0 Å². The van der Waals surface area contributed by atoms with Crippen LogP contribution in [0.5, 0.6) is 0 Å². The quantitative estimate of drug-likeness (QED) is 0.686. The van der Waals surface area contributed by atoms with Crippen molar-refractivity contribution < 1.29 is 9.59 Å². The number of likely N-dealkylation sites (tertiary alicyclic amines) is 1. The Balaban J connectivity index is 1.40. The molecule has 0 aromatic heterocycles. The Kier molecular flexibility index (Phi) is 6.28. The van der Waals surface area contributed by atoms with Crippen molar-refractivity contribution in [2.45, 2.75) is 56.9 Å². The Morgan fingerprint density at radius 2 is 1.63 bits per heavy atom. The van der Waals surface area contributed by atoms with Crippen molar-refractivity contribution in [2.75, 3.05) is 13.1 Å². The summed E-state index contributed by atoms with van der Waals surface area (Å²) in [5.74, 6) is 0.256. The van der Waals surface area contributed by atoms with Gasteiger partial charge in [0.05, 0.1) is 5.41 Å². The number of rotatable bonds is 4. The third kappa shape index (κ3) is 4.18. The van der Waals surface area contributed by atoms with E-state index in [1.54, 1.807) is 0 Å². The SMILES string of the molecule is Cc1ccccc1C(=O)NC1CCN(C(=O)C2(c3ccc(Br)cc3)CCCC2)CC1. The second kappa shape index (κ2) is 8.93. The van der Waals surface area contributed by atoms with Crippen LogP contribution in [0.3, 0.4) is 0 Å². The van der Waals surface area contributed by atoms with Crippen LogP contribution in [0.15, 0.2) is 53.0 Å². The topological polar surface area (TPSA) is 49.4 Å². The maximum Gasteiger partial charge on any atom is 0.251 e. The maximum atomic E-state index is 13.6. The molecule has 2 aromatic carbocycles. The van der Waals surface area contributed by atoms with E-state index in [1.807, 2.05) is 48.2 Å². The highest BCUT2D eigenvalue weighted by molar-refractivity contribution is 9.10. The molecule has 5 heteroatoms. The molecule has 2 aromatic rings. The fourth-order valence-corrected chi connectivity index (χ4v) is 5.26. The number of piperidine rings is 1. The summed E-state index contributed by atoms with van der Waals surface area (Å²) in [5, 5.41) is 3.17. The fourth-order valence-electron chi connectivity index (χ4n) is 4.99. The molecule has 158 valence electrons. The Hall–Kier alpha value is -2.14. The molecule has 2 aliphatic rings. The van der Waals surface area contributed by atoms with E-state index in [4.69, 9.17) is 0 Å². The van der Waals surface area contributed by atoms with Gasteiger partial charge >= 0.3 is 0 Å². The number of hydrogen-bond donors (Lipinski definition) is 1. The molecule has 0 spiro atoms. The Morgan fingerprint density at radius 3 is 2.27 bits per heavy atom. The second-order valence-corrected chi connectivity index (χ2v) is 9.57. The van der Waals surface area contributed by atoms with E-state index >= 15 is 0 Å². The average Bonchev–Trinajstić information content (AvgIpc) is 3.25. The van der Waals surface area contributed by atoms with Gasteiger partial charge in [-0.15, -0.1) is 0 Å². The van der Waals surface area contributed by atoms with Gasteiger partial charge in [0, 0.05) is 29.2 Å². The number of carbonyl (C=O) groups excluding carboxylic acids is 2.